The van der Waals surface area contributed by atoms with E-state index < -0.39 is 0 Å². The Bertz CT molecular complexity index is 766. The Morgan fingerprint density at radius 3 is 2.45 bits per heavy atom. The van der Waals surface area contributed by atoms with E-state index in [0.29, 0.717) is 0 Å². The highest BCUT2D eigenvalue weighted by Gasteiger charge is 2.08. The van der Waals surface area contributed by atoms with Gasteiger partial charge >= 0.3 is 0 Å². The van der Waals surface area contributed by atoms with Crippen molar-refractivity contribution in [1.82, 2.24) is 4.98 Å². The first-order valence-corrected chi connectivity index (χ1v) is 6.47. The van der Waals surface area contributed by atoms with Crippen molar-refractivity contribution in [2.45, 2.75) is 6.92 Å². The molecule has 0 unspecified atom stereocenters. The van der Waals surface area contributed by atoms with Crippen molar-refractivity contribution in [2.24, 2.45) is 0 Å². The molecule has 1 aromatic heterocycles. The molecule has 98 valence electrons. The van der Waals surface area contributed by atoms with Crippen LogP contribution in [-0.2, 0) is 4.79 Å². The van der Waals surface area contributed by atoms with Gasteiger partial charge in [0.1, 0.15) is 0 Å². The number of benzene rings is 2. The Morgan fingerprint density at radius 2 is 1.70 bits per heavy atom. The molecule has 2 aromatic carbocycles. The van der Waals surface area contributed by atoms with Crippen LogP contribution in [-0.4, -0.2) is 10.9 Å². The Morgan fingerprint density at radius 1 is 1.00 bits per heavy atom. The van der Waals surface area contributed by atoms with E-state index in [0.717, 1.165) is 27.8 Å². The van der Waals surface area contributed by atoms with Gasteiger partial charge in [0.05, 0.1) is 16.9 Å². The van der Waals surface area contributed by atoms with Gasteiger partial charge in [0.2, 0.25) is 5.91 Å². The van der Waals surface area contributed by atoms with Gasteiger partial charge in [-0.2, -0.15) is 0 Å². The first-order chi connectivity index (χ1) is 9.74. The van der Waals surface area contributed by atoms with Gasteiger partial charge in [-0.15, -0.1) is 0 Å². The minimum Gasteiger partial charge on any atom is -0.326 e. The zero-order valence-corrected chi connectivity index (χ0v) is 11.1. The lowest BCUT2D eigenvalue weighted by Gasteiger charge is -2.10. The summed E-state index contributed by atoms with van der Waals surface area (Å²) in [6, 6.07) is 19.7. The number of hydrogen-bond acceptors (Lipinski definition) is 2. The molecular weight excluding hydrogens is 248 g/mol. The molecule has 3 nitrogen and oxygen atoms in total. The molecule has 0 radical (unpaired) electrons. The van der Waals surface area contributed by atoms with Crippen LogP contribution in [0.2, 0.25) is 0 Å². The van der Waals surface area contributed by atoms with Crippen LogP contribution in [0.3, 0.4) is 0 Å². The number of aromatic nitrogens is 1. The third kappa shape index (κ3) is 2.38. The lowest BCUT2D eigenvalue weighted by atomic mass is 10.1. The number of nitrogens with zero attached hydrogens (tertiary/aromatic N) is 1. The van der Waals surface area contributed by atoms with Crippen LogP contribution in [0.4, 0.5) is 5.69 Å². The second-order valence-electron chi connectivity index (χ2n) is 4.62. The van der Waals surface area contributed by atoms with E-state index in [1.54, 1.807) is 0 Å². The topological polar surface area (TPSA) is 42.0 Å². The van der Waals surface area contributed by atoms with Crippen molar-refractivity contribution in [3.05, 3.63) is 60.7 Å². The summed E-state index contributed by atoms with van der Waals surface area (Å²) >= 11 is 0. The molecule has 0 fully saturated rings. The first kappa shape index (κ1) is 12.4. The summed E-state index contributed by atoms with van der Waals surface area (Å²) in [5.41, 5.74) is 3.55. The van der Waals surface area contributed by atoms with Gasteiger partial charge in [-0.25, -0.2) is 4.98 Å². The van der Waals surface area contributed by atoms with Gasteiger partial charge in [0, 0.05) is 17.9 Å². The highest BCUT2D eigenvalue weighted by atomic mass is 16.1. The summed E-state index contributed by atoms with van der Waals surface area (Å²) in [4.78, 5) is 16.0. The second kappa shape index (κ2) is 5.13. The Hall–Kier alpha value is -2.68. The molecule has 0 aliphatic rings. The van der Waals surface area contributed by atoms with Crippen LogP contribution in [0, 0.1) is 0 Å². The standard InChI is InChI=1S/C17H14N2O/c1-12(20)18-17-11-16(13-7-3-2-4-8-13)19-15-10-6-5-9-14(15)17/h2-11H,1H3,(H,18,19,20). The van der Waals surface area contributed by atoms with Crippen molar-refractivity contribution in [3.63, 3.8) is 0 Å². The zero-order chi connectivity index (χ0) is 13.9. The number of amides is 1. The smallest absolute Gasteiger partial charge is 0.221 e. The maximum absolute atomic E-state index is 11.4. The highest BCUT2D eigenvalue weighted by Crippen LogP contribution is 2.28. The molecule has 1 amide bonds. The SMILES string of the molecule is CC(=O)Nc1cc(-c2ccccc2)nc2ccccc12. The molecular formula is C17H14N2O. The van der Waals surface area contributed by atoms with Crippen molar-refractivity contribution in [1.29, 1.82) is 0 Å². The molecule has 0 atom stereocenters. The number of carbonyl (C=O) groups is 1. The molecule has 0 saturated heterocycles. The van der Waals surface area contributed by atoms with Crippen LogP contribution in [0.15, 0.2) is 60.7 Å². The summed E-state index contributed by atoms with van der Waals surface area (Å²) in [5, 5.41) is 3.83. The van der Waals surface area contributed by atoms with E-state index in [2.05, 4.69) is 10.3 Å². The van der Waals surface area contributed by atoms with Gasteiger partial charge in [-0.05, 0) is 12.1 Å². The number of fused-ring (bicyclic) bond motifs is 1. The van der Waals surface area contributed by atoms with E-state index in [1.165, 1.54) is 6.92 Å². The van der Waals surface area contributed by atoms with Crippen LogP contribution in [0.1, 0.15) is 6.92 Å². The third-order valence-corrected chi connectivity index (χ3v) is 3.10. The van der Waals surface area contributed by atoms with Crippen molar-refractivity contribution < 1.29 is 4.79 Å². The van der Waals surface area contributed by atoms with Gasteiger partial charge in [0.25, 0.3) is 0 Å². The maximum atomic E-state index is 11.4. The molecule has 3 aromatic rings. The first-order valence-electron chi connectivity index (χ1n) is 6.47. The summed E-state index contributed by atoms with van der Waals surface area (Å²) < 4.78 is 0. The Balaban J connectivity index is 2.22. The predicted octanol–water partition coefficient (Wildman–Crippen LogP) is 3.86. The average Bonchev–Trinajstić information content (AvgIpc) is 2.47. The number of carbonyl (C=O) groups excluding carboxylic acids is 1. The minimum atomic E-state index is -0.0830. The summed E-state index contributed by atoms with van der Waals surface area (Å²) in [5.74, 6) is -0.0830. The molecule has 1 N–H and O–H groups in total. The van der Waals surface area contributed by atoms with E-state index in [-0.39, 0.29) is 5.91 Å². The quantitative estimate of drug-likeness (QED) is 0.762. The number of pyridine rings is 1. The lowest BCUT2D eigenvalue weighted by molar-refractivity contribution is -0.114. The van der Waals surface area contributed by atoms with Gasteiger partial charge in [0.15, 0.2) is 0 Å². The normalized spacial score (nSPS) is 10.4. The fraction of sp³-hybridized carbons (Fsp3) is 0.0588. The maximum Gasteiger partial charge on any atom is 0.221 e. The second-order valence-corrected chi connectivity index (χ2v) is 4.62. The molecule has 1 heterocycles. The number of para-hydroxylation sites is 1. The summed E-state index contributed by atoms with van der Waals surface area (Å²) in [7, 11) is 0. The number of nitrogens with one attached hydrogen (secondary N) is 1. The Labute approximate surface area is 117 Å². The monoisotopic (exact) mass is 262 g/mol. The molecule has 20 heavy (non-hydrogen) atoms. The van der Waals surface area contributed by atoms with Crippen LogP contribution < -0.4 is 5.32 Å². The molecule has 0 bridgehead atoms. The molecule has 0 saturated carbocycles. The van der Waals surface area contributed by atoms with Crippen molar-refractivity contribution in [2.75, 3.05) is 5.32 Å². The van der Waals surface area contributed by atoms with E-state index in [4.69, 9.17) is 0 Å². The molecule has 0 aliphatic heterocycles. The number of rotatable bonds is 2. The minimum absolute atomic E-state index is 0.0830. The van der Waals surface area contributed by atoms with Gasteiger partial charge < -0.3 is 5.32 Å². The molecule has 0 aliphatic carbocycles. The van der Waals surface area contributed by atoms with Crippen molar-refractivity contribution in [3.8, 4) is 11.3 Å². The highest BCUT2D eigenvalue weighted by molar-refractivity contribution is 6.01. The zero-order valence-electron chi connectivity index (χ0n) is 11.1. The molecule has 3 heteroatoms. The van der Waals surface area contributed by atoms with E-state index >= 15 is 0 Å². The number of hydrogen-bond donors (Lipinski definition) is 1. The van der Waals surface area contributed by atoms with Crippen LogP contribution in [0.25, 0.3) is 22.2 Å². The Kier molecular flexibility index (Phi) is 3.17. The largest absolute Gasteiger partial charge is 0.326 e. The van der Waals surface area contributed by atoms with Crippen LogP contribution >= 0.6 is 0 Å². The number of anilines is 1. The van der Waals surface area contributed by atoms with E-state index in [1.807, 2.05) is 60.7 Å². The van der Waals surface area contributed by atoms with Gasteiger partial charge in [-0.3, -0.25) is 4.79 Å². The van der Waals surface area contributed by atoms with Crippen molar-refractivity contribution >= 4 is 22.5 Å². The lowest BCUT2D eigenvalue weighted by Crippen LogP contribution is -2.06. The predicted molar refractivity (Wildman–Crippen MR) is 81.5 cm³/mol. The molecule has 3 rings (SSSR count). The third-order valence-electron chi connectivity index (χ3n) is 3.10. The average molecular weight is 262 g/mol. The summed E-state index contributed by atoms with van der Waals surface area (Å²) in [6.45, 7) is 1.51. The van der Waals surface area contributed by atoms with Crippen LogP contribution in [0.5, 0.6) is 0 Å². The fourth-order valence-corrected chi connectivity index (χ4v) is 2.23. The van der Waals surface area contributed by atoms with E-state index in [9.17, 15) is 4.79 Å². The molecule has 0 spiro atoms. The fourth-order valence-electron chi connectivity index (χ4n) is 2.23. The summed E-state index contributed by atoms with van der Waals surface area (Å²) in [6.07, 6.45) is 0. The van der Waals surface area contributed by atoms with Gasteiger partial charge in [-0.1, -0.05) is 48.5 Å².